The van der Waals surface area contributed by atoms with Crippen LogP contribution >= 0.6 is 11.8 Å². The van der Waals surface area contributed by atoms with E-state index in [-0.39, 0.29) is 5.76 Å². The first-order chi connectivity index (χ1) is 5.86. The highest BCUT2D eigenvalue weighted by atomic mass is 32.2. The largest absolute Gasteiger partial charge is 0.506 e. The number of hydrogen-bond donors (Lipinski definition) is 1. The first-order valence-electron chi connectivity index (χ1n) is 3.55. The number of para-hydroxylation sites is 1. The number of nitrogens with zero attached hydrogens (tertiary/aromatic N) is 1. The highest BCUT2D eigenvalue weighted by Crippen LogP contribution is 2.32. The van der Waals surface area contributed by atoms with Gasteiger partial charge in [-0.25, -0.2) is 0 Å². The maximum atomic E-state index is 9.15. The van der Waals surface area contributed by atoms with Gasteiger partial charge < -0.3 is 5.11 Å². The molecule has 0 atom stereocenters. The minimum absolute atomic E-state index is 0.205. The Bertz CT molecular complexity index is 357. The standard InChI is InChI=1S/C9H7NOS/c11-7-5-10-8-3-1-2-4-9(8)12-6-7/h1-6,11H. The fourth-order valence-electron chi connectivity index (χ4n) is 0.953. The zero-order valence-corrected chi connectivity index (χ0v) is 7.08. The summed E-state index contributed by atoms with van der Waals surface area (Å²) >= 11 is 1.48. The van der Waals surface area contributed by atoms with Crippen LogP contribution in [0, 0.1) is 0 Å². The summed E-state index contributed by atoms with van der Waals surface area (Å²) in [6.45, 7) is 0. The van der Waals surface area contributed by atoms with Crippen molar-refractivity contribution in [2.75, 3.05) is 0 Å². The molecule has 2 nitrogen and oxygen atoms in total. The lowest BCUT2D eigenvalue weighted by molar-refractivity contribution is 0.448. The Kier molecular flexibility index (Phi) is 1.87. The van der Waals surface area contributed by atoms with Crippen molar-refractivity contribution in [3.63, 3.8) is 0 Å². The van der Waals surface area contributed by atoms with Crippen LogP contribution in [-0.2, 0) is 0 Å². The molecule has 1 aromatic carbocycles. The van der Waals surface area contributed by atoms with Gasteiger partial charge in [-0.15, -0.1) is 0 Å². The number of thioether (sulfide) groups is 1. The van der Waals surface area contributed by atoms with Crippen molar-refractivity contribution in [1.29, 1.82) is 0 Å². The molecule has 0 saturated carbocycles. The molecule has 12 heavy (non-hydrogen) atoms. The summed E-state index contributed by atoms with van der Waals surface area (Å²) in [5.74, 6) is 0.205. The van der Waals surface area contributed by atoms with E-state index in [9.17, 15) is 0 Å². The van der Waals surface area contributed by atoms with Gasteiger partial charge in [-0.2, -0.15) is 0 Å². The Labute approximate surface area is 74.6 Å². The van der Waals surface area contributed by atoms with E-state index >= 15 is 0 Å². The molecule has 1 N–H and O–H groups in total. The van der Waals surface area contributed by atoms with Crippen LogP contribution in [0.1, 0.15) is 0 Å². The maximum absolute atomic E-state index is 9.15. The van der Waals surface area contributed by atoms with Gasteiger partial charge in [-0.05, 0) is 12.1 Å². The summed E-state index contributed by atoms with van der Waals surface area (Å²) in [5, 5.41) is 10.8. The van der Waals surface area contributed by atoms with Gasteiger partial charge in [0.15, 0.2) is 0 Å². The molecule has 0 radical (unpaired) electrons. The fraction of sp³-hybridized carbons (Fsp3) is 0. The SMILES string of the molecule is OC1=CSc2ccccc2N=C1. The van der Waals surface area contributed by atoms with Crippen LogP contribution in [0.4, 0.5) is 5.69 Å². The van der Waals surface area contributed by atoms with Gasteiger partial charge in [0, 0.05) is 10.3 Å². The van der Waals surface area contributed by atoms with Gasteiger partial charge in [0.1, 0.15) is 5.76 Å². The van der Waals surface area contributed by atoms with Crippen LogP contribution < -0.4 is 0 Å². The molecule has 1 aliphatic rings. The maximum Gasteiger partial charge on any atom is 0.140 e. The van der Waals surface area contributed by atoms with Crippen molar-refractivity contribution in [3.05, 3.63) is 35.4 Å². The molecule has 0 unspecified atom stereocenters. The van der Waals surface area contributed by atoms with Crippen LogP contribution in [0.5, 0.6) is 0 Å². The number of hydrogen-bond acceptors (Lipinski definition) is 3. The highest BCUT2D eigenvalue weighted by molar-refractivity contribution is 8.02. The molecule has 2 rings (SSSR count). The molecule has 0 amide bonds. The van der Waals surface area contributed by atoms with Crippen molar-refractivity contribution in [2.24, 2.45) is 4.99 Å². The predicted molar refractivity (Wildman–Crippen MR) is 51.2 cm³/mol. The quantitative estimate of drug-likeness (QED) is 0.660. The first-order valence-corrected chi connectivity index (χ1v) is 4.43. The number of benzene rings is 1. The van der Waals surface area contributed by atoms with Gasteiger partial charge in [-0.3, -0.25) is 4.99 Å². The average Bonchev–Trinajstić information content (AvgIpc) is 2.29. The monoisotopic (exact) mass is 177 g/mol. The van der Waals surface area contributed by atoms with E-state index in [0.29, 0.717) is 0 Å². The van der Waals surface area contributed by atoms with Gasteiger partial charge in [0.2, 0.25) is 0 Å². The van der Waals surface area contributed by atoms with Crippen LogP contribution in [-0.4, -0.2) is 11.3 Å². The molecule has 0 aliphatic carbocycles. The molecule has 1 heterocycles. The second-order valence-electron chi connectivity index (χ2n) is 2.39. The lowest BCUT2D eigenvalue weighted by Crippen LogP contribution is -1.76. The number of allylic oxidation sites excluding steroid dienone is 1. The van der Waals surface area contributed by atoms with Crippen molar-refractivity contribution >= 4 is 23.7 Å². The van der Waals surface area contributed by atoms with E-state index < -0.39 is 0 Å². The molecule has 0 spiro atoms. The fourth-order valence-corrected chi connectivity index (χ4v) is 1.66. The second kappa shape index (κ2) is 3.03. The number of aliphatic imine (C=N–C) groups is 1. The normalized spacial score (nSPS) is 14.8. The Morgan fingerprint density at radius 3 is 3.00 bits per heavy atom. The minimum Gasteiger partial charge on any atom is -0.506 e. The second-order valence-corrected chi connectivity index (χ2v) is 3.30. The third-order valence-electron chi connectivity index (χ3n) is 1.51. The molecule has 0 saturated heterocycles. The average molecular weight is 177 g/mol. The summed E-state index contributed by atoms with van der Waals surface area (Å²) < 4.78 is 0. The van der Waals surface area contributed by atoms with Crippen LogP contribution in [0.2, 0.25) is 0 Å². The molecule has 3 heteroatoms. The lowest BCUT2D eigenvalue weighted by Gasteiger charge is -1.97. The number of fused-ring (bicyclic) bond motifs is 1. The summed E-state index contributed by atoms with van der Waals surface area (Å²) in [4.78, 5) is 5.17. The van der Waals surface area contributed by atoms with Crippen LogP contribution in [0.25, 0.3) is 0 Å². The third kappa shape index (κ3) is 1.36. The van der Waals surface area contributed by atoms with Crippen molar-refractivity contribution in [3.8, 4) is 0 Å². The van der Waals surface area contributed by atoms with E-state index in [1.165, 1.54) is 18.0 Å². The van der Waals surface area contributed by atoms with Gasteiger partial charge >= 0.3 is 0 Å². The van der Waals surface area contributed by atoms with Crippen LogP contribution in [0.15, 0.2) is 45.3 Å². The number of rotatable bonds is 0. The summed E-state index contributed by atoms with van der Waals surface area (Å²) in [7, 11) is 0. The predicted octanol–water partition coefficient (Wildman–Crippen LogP) is 2.89. The molecular formula is C9H7NOS. The Morgan fingerprint density at radius 2 is 2.08 bits per heavy atom. The van der Waals surface area contributed by atoms with Crippen molar-refractivity contribution < 1.29 is 5.11 Å². The molecule has 1 aromatic rings. The lowest BCUT2D eigenvalue weighted by atomic mass is 10.3. The summed E-state index contributed by atoms with van der Waals surface area (Å²) in [6.07, 6.45) is 1.46. The molecule has 60 valence electrons. The number of aliphatic hydroxyl groups is 1. The van der Waals surface area contributed by atoms with E-state index in [1.54, 1.807) is 5.41 Å². The smallest absolute Gasteiger partial charge is 0.140 e. The Balaban J connectivity index is 2.48. The zero-order valence-electron chi connectivity index (χ0n) is 6.27. The van der Waals surface area contributed by atoms with Crippen LogP contribution in [0.3, 0.4) is 0 Å². The summed E-state index contributed by atoms with van der Waals surface area (Å²) in [5.41, 5.74) is 0.905. The van der Waals surface area contributed by atoms with Crippen molar-refractivity contribution in [1.82, 2.24) is 0 Å². The van der Waals surface area contributed by atoms with Gasteiger partial charge in [0.25, 0.3) is 0 Å². The third-order valence-corrected chi connectivity index (χ3v) is 2.47. The molecule has 1 aliphatic heterocycles. The Hall–Kier alpha value is -1.22. The van der Waals surface area contributed by atoms with Gasteiger partial charge in [0.05, 0.1) is 11.9 Å². The topological polar surface area (TPSA) is 32.6 Å². The molecule has 0 aromatic heterocycles. The molecular weight excluding hydrogens is 170 g/mol. The first kappa shape index (κ1) is 7.43. The zero-order chi connectivity index (χ0) is 8.39. The van der Waals surface area contributed by atoms with E-state index in [0.717, 1.165) is 10.6 Å². The molecule has 0 fully saturated rings. The van der Waals surface area contributed by atoms with E-state index in [2.05, 4.69) is 4.99 Å². The minimum atomic E-state index is 0.205. The van der Waals surface area contributed by atoms with Gasteiger partial charge in [-0.1, -0.05) is 23.9 Å². The van der Waals surface area contributed by atoms with E-state index in [4.69, 9.17) is 5.11 Å². The summed E-state index contributed by atoms with van der Waals surface area (Å²) in [6, 6.07) is 7.79. The highest BCUT2D eigenvalue weighted by Gasteiger charge is 2.02. The van der Waals surface area contributed by atoms with E-state index in [1.807, 2.05) is 24.3 Å². The molecule has 0 bridgehead atoms. The number of aliphatic hydroxyl groups excluding tert-OH is 1. The van der Waals surface area contributed by atoms with Crippen molar-refractivity contribution in [2.45, 2.75) is 4.90 Å². The Morgan fingerprint density at radius 1 is 1.25 bits per heavy atom.